The highest BCUT2D eigenvalue weighted by molar-refractivity contribution is 6.31. The van der Waals surface area contributed by atoms with Gasteiger partial charge in [-0.1, -0.05) is 17.7 Å². The van der Waals surface area contributed by atoms with E-state index in [1.807, 2.05) is 32.9 Å². The largest absolute Gasteiger partial charge is 0.486 e. The van der Waals surface area contributed by atoms with Gasteiger partial charge in [-0.3, -0.25) is 9.97 Å². The van der Waals surface area contributed by atoms with Gasteiger partial charge in [-0.05, 0) is 76.4 Å². The standard InChI is InChI=1S/C28H30ClFN4O3/c1-15-9-19(30)21(31-12-15)14-37-23-10-18(4)34(27(35)25(23)29)22-11-20(32-13-17(22)3)26-16(2)7-8-24(33-26)28(5,6)36/h7-13,27,35-36H,14H2,1-6H3. The van der Waals surface area contributed by atoms with Gasteiger partial charge in [-0.2, -0.15) is 0 Å². The Kier molecular flexibility index (Phi) is 7.37. The Morgan fingerprint density at radius 3 is 2.49 bits per heavy atom. The third-order valence-electron chi connectivity index (χ3n) is 6.15. The Bertz CT molecular complexity index is 1420. The van der Waals surface area contributed by atoms with E-state index in [-0.39, 0.29) is 23.1 Å². The highest BCUT2D eigenvalue weighted by Crippen LogP contribution is 2.37. The maximum atomic E-state index is 14.2. The molecule has 3 aromatic rings. The van der Waals surface area contributed by atoms with Crippen LogP contribution in [0, 0.1) is 26.6 Å². The van der Waals surface area contributed by atoms with E-state index >= 15 is 0 Å². The second-order valence-electron chi connectivity index (χ2n) is 9.75. The van der Waals surface area contributed by atoms with Crippen molar-refractivity contribution in [3.8, 4) is 11.4 Å². The quantitative estimate of drug-likeness (QED) is 0.437. The minimum atomic E-state index is -1.23. The summed E-state index contributed by atoms with van der Waals surface area (Å²) < 4.78 is 19.9. The number of anilines is 1. The van der Waals surface area contributed by atoms with Crippen LogP contribution in [0.15, 0.2) is 59.2 Å². The number of ether oxygens (including phenoxy) is 1. The van der Waals surface area contributed by atoms with Gasteiger partial charge in [-0.15, -0.1) is 0 Å². The van der Waals surface area contributed by atoms with E-state index in [1.54, 1.807) is 50.2 Å². The topological polar surface area (TPSA) is 91.6 Å². The Morgan fingerprint density at radius 2 is 1.81 bits per heavy atom. The molecule has 4 heterocycles. The number of aryl methyl sites for hydroxylation is 3. The molecule has 0 saturated heterocycles. The molecule has 0 aromatic carbocycles. The van der Waals surface area contributed by atoms with Crippen molar-refractivity contribution in [1.82, 2.24) is 15.0 Å². The van der Waals surface area contributed by atoms with Crippen molar-refractivity contribution in [2.75, 3.05) is 4.90 Å². The van der Waals surface area contributed by atoms with E-state index in [0.29, 0.717) is 34.0 Å². The SMILES string of the molecule is CC1=CC(OCc2ncc(C)cc2F)=C(Cl)C(O)N1c1cc(-c2nc(C(C)(C)O)ccc2C)ncc1C. The molecule has 1 aliphatic rings. The van der Waals surface area contributed by atoms with Gasteiger partial charge in [0.05, 0.1) is 22.8 Å². The molecule has 0 bridgehead atoms. The summed E-state index contributed by atoms with van der Waals surface area (Å²) in [6.07, 6.45) is 3.73. The van der Waals surface area contributed by atoms with Gasteiger partial charge in [0.25, 0.3) is 0 Å². The van der Waals surface area contributed by atoms with E-state index in [2.05, 4.69) is 15.0 Å². The van der Waals surface area contributed by atoms with E-state index in [0.717, 1.165) is 11.1 Å². The van der Waals surface area contributed by atoms with E-state index in [1.165, 1.54) is 6.07 Å². The summed E-state index contributed by atoms with van der Waals surface area (Å²) in [6, 6.07) is 6.91. The minimum absolute atomic E-state index is 0.0641. The first-order valence-electron chi connectivity index (χ1n) is 11.8. The summed E-state index contributed by atoms with van der Waals surface area (Å²) >= 11 is 6.53. The second-order valence-corrected chi connectivity index (χ2v) is 10.2. The Balaban J connectivity index is 1.65. The fourth-order valence-electron chi connectivity index (χ4n) is 4.04. The van der Waals surface area contributed by atoms with Crippen LogP contribution in [0.2, 0.25) is 0 Å². The number of aromatic nitrogens is 3. The maximum absolute atomic E-state index is 14.2. The Hall–Kier alpha value is -3.33. The molecule has 9 heteroatoms. The van der Waals surface area contributed by atoms with Crippen LogP contribution >= 0.6 is 11.6 Å². The summed E-state index contributed by atoms with van der Waals surface area (Å²) in [5, 5.41) is 21.7. The molecule has 37 heavy (non-hydrogen) atoms. The minimum Gasteiger partial charge on any atom is -0.486 e. The third-order valence-corrected chi connectivity index (χ3v) is 6.53. The highest BCUT2D eigenvalue weighted by Gasteiger charge is 2.30. The average molecular weight is 525 g/mol. The molecule has 7 nitrogen and oxygen atoms in total. The summed E-state index contributed by atoms with van der Waals surface area (Å²) in [7, 11) is 0. The summed E-state index contributed by atoms with van der Waals surface area (Å²) in [5.74, 6) is -0.222. The summed E-state index contributed by atoms with van der Waals surface area (Å²) in [6.45, 7) is 10.6. The molecule has 1 atom stereocenters. The molecule has 0 amide bonds. The molecular weight excluding hydrogens is 495 g/mol. The van der Waals surface area contributed by atoms with Gasteiger partial charge in [0.15, 0.2) is 6.23 Å². The molecule has 0 saturated carbocycles. The number of hydrogen-bond donors (Lipinski definition) is 2. The zero-order valence-electron chi connectivity index (χ0n) is 21.7. The average Bonchev–Trinajstić information content (AvgIpc) is 2.82. The van der Waals surface area contributed by atoms with Crippen LogP contribution in [0.4, 0.5) is 10.1 Å². The molecule has 2 N–H and O–H groups in total. The Labute approximate surface area is 220 Å². The van der Waals surface area contributed by atoms with Crippen molar-refractivity contribution in [2.24, 2.45) is 0 Å². The van der Waals surface area contributed by atoms with Gasteiger partial charge in [-0.25, -0.2) is 9.37 Å². The monoisotopic (exact) mass is 524 g/mol. The molecule has 1 unspecified atom stereocenters. The van der Waals surface area contributed by atoms with Crippen molar-refractivity contribution < 1.29 is 19.3 Å². The molecule has 194 valence electrons. The Morgan fingerprint density at radius 1 is 1.08 bits per heavy atom. The lowest BCUT2D eigenvalue weighted by molar-refractivity contribution is 0.0739. The first-order chi connectivity index (χ1) is 17.4. The molecule has 4 rings (SSSR count). The number of aliphatic hydroxyl groups excluding tert-OH is 1. The van der Waals surface area contributed by atoms with Crippen LogP contribution in [-0.4, -0.2) is 31.4 Å². The highest BCUT2D eigenvalue weighted by atomic mass is 35.5. The molecule has 0 spiro atoms. The fourth-order valence-corrected chi connectivity index (χ4v) is 4.25. The molecule has 0 radical (unpaired) electrons. The van der Waals surface area contributed by atoms with Crippen molar-refractivity contribution >= 4 is 17.3 Å². The van der Waals surface area contributed by atoms with Gasteiger partial charge >= 0.3 is 0 Å². The lowest BCUT2D eigenvalue weighted by atomic mass is 10.0. The molecule has 0 fully saturated rings. The maximum Gasteiger partial charge on any atom is 0.171 e. The number of halogens is 2. The zero-order valence-corrected chi connectivity index (χ0v) is 22.4. The predicted molar refractivity (Wildman–Crippen MR) is 141 cm³/mol. The van der Waals surface area contributed by atoms with E-state index in [4.69, 9.17) is 16.3 Å². The van der Waals surface area contributed by atoms with Crippen LogP contribution in [0.5, 0.6) is 0 Å². The number of aliphatic hydroxyl groups is 2. The third kappa shape index (κ3) is 5.51. The number of allylic oxidation sites excluding steroid dienone is 2. The van der Waals surface area contributed by atoms with Crippen molar-refractivity contribution in [2.45, 2.75) is 60.0 Å². The van der Waals surface area contributed by atoms with Crippen LogP contribution in [0.1, 0.15) is 48.8 Å². The number of hydrogen-bond acceptors (Lipinski definition) is 7. The fraction of sp³-hybridized carbons (Fsp3) is 0.321. The van der Waals surface area contributed by atoms with E-state index in [9.17, 15) is 14.6 Å². The lowest BCUT2D eigenvalue weighted by Gasteiger charge is -2.35. The van der Waals surface area contributed by atoms with Crippen molar-refractivity contribution in [3.05, 3.63) is 93.1 Å². The lowest BCUT2D eigenvalue weighted by Crippen LogP contribution is -2.37. The van der Waals surface area contributed by atoms with E-state index < -0.39 is 17.6 Å². The predicted octanol–water partition coefficient (Wildman–Crippen LogP) is 5.54. The second kappa shape index (κ2) is 10.2. The van der Waals surface area contributed by atoms with Gasteiger partial charge < -0.3 is 19.8 Å². The first kappa shape index (κ1) is 26.7. The van der Waals surface area contributed by atoms with Crippen LogP contribution < -0.4 is 4.90 Å². The molecule has 1 aliphatic heterocycles. The number of rotatable bonds is 6. The molecule has 0 aliphatic carbocycles. The molecular formula is C28H30ClFN4O3. The first-order valence-corrected chi connectivity index (χ1v) is 12.2. The van der Waals surface area contributed by atoms with Gasteiger partial charge in [0.2, 0.25) is 0 Å². The van der Waals surface area contributed by atoms with Crippen molar-refractivity contribution in [3.63, 3.8) is 0 Å². The molecule has 3 aromatic heterocycles. The number of pyridine rings is 3. The smallest absolute Gasteiger partial charge is 0.171 e. The normalized spacial score (nSPS) is 16.2. The summed E-state index contributed by atoms with van der Waals surface area (Å²) in [4.78, 5) is 15.0. The zero-order chi connectivity index (χ0) is 27.1. The van der Waals surface area contributed by atoms with Gasteiger partial charge in [0.1, 0.15) is 34.5 Å². The van der Waals surface area contributed by atoms with Crippen LogP contribution in [0.3, 0.4) is 0 Å². The van der Waals surface area contributed by atoms with Crippen molar-refractivity contribution in [1.29, 1.82) is 0 Å². The van der Waals surface area contributed by atoms with Gasteiger partial charge in [0, 0.05) is 24.2 Å². The van der Waals surface area contributed by atoms with Crippen LogP contribution in [0.25, 0.3) is 11.4 Å². The van der Waals surface area contributed by atoms with Crippen LogP contribution in [-0.2, 0) is 16.9 Å². The number of nitrogens with zero attached hydrogens (tertiary/aromatic N) is 4. The summed E-state index contributed by atoms with van der Waals surface area (Å²) in [5.41, 5.74) is 4.56.